The van der Waals surface area contributed by atoms with Crippen LogP contribution in [0.5, 0.6) is 0 Å². The van der Waals surface area contributed by atoms with Crippen molar-refractivity contribution in [3.8, 4) is 0 Å². The minimum atomic E-state index is -3.50. The first-order chi connectivity index (χ1) is 13.0. The number of rotatable bonds is 5. The first-order valence-corrected chi connectivity index (χ1v) is 11.8. The van der Waals surface area contributed by atoms with Crippen molar-refractivity contribution in [3.05, 3.63) is 18.2 Å². The van der Waals surface area contributed by atoms with Gasteiger partial charge in [0.05, 0.1) is 10.6 Å². The topological polar surface area (TPSA) is 83.7 Å². The standard InChI is InChI=1S/C18H23N3O4S2/c22-17(20-8-4-5-9-20)13-26-18-19-15-12-14(6-7-16(15)25-18)27(23,24)21-10-2-1-3-11-21/h6-7,12H,1-5,8-11,13H2. The van der Waals surface area contributed by atoms with Gasteiger partial charge in [0, 0.05) is 26.2 Å². The summed E-state index contributed by atoms with van der Waals surface area (Å²) in [6, 6.07) is 4.78. The van der Waals surface area contributed by atoms with E-state index in [1.165, 1.54) is 11.8 Å². The third kappa shape index (κ3) is 4.00. The van der Waals surface area contributed by atoms with Crippen LogP contribution < -0.4 is 0 Å². The van der Waals surface area contributed by atoms with E-state index in [1.54, 1.807) is 22.5 Å². The largest absolute Gasteiger partial charge is 0.431 e. The van der Waals surface area contributed by atoms with Crippen LogP contribution in [-0.2, 0) is 14.8 Å². The molecule has 0 saturated carbocycles. The zero-order chi connectivity index (χ0) is 18.9. The van der Waals surface area contributed by atoms with Crippen molar-refractivity contribution in [3.63, 3.8) is 0 Å². The number of thioether (sulfide) groups is 1. The molecule has 1 aromatic carbocycles. The van der Waals surface area contributed by atoms with E-state index in [0.29, 0.717) is 29.4 Å². The van der Waals surface area contributed by atoms with Crippen molar-refractivity contribution < 1.29 is 17.6 Å². The molecule has 0 N–H and O–H groups in total. The van der Waals surface area contributed by atoms with Crippen LogP contribution in [0.2, 0.25) is 0 Å². The Morgan fingerprint density at radius 3 is 2.52 bits per heavy atom. The molecule has 0 unspecified atom stereocenters. The van der Waals surface area contributed by atoms with Gasteiger partial charge in [0.15, 0.2) is 5.58 Å². The Labute approximate surface area is 163 Å². The number of oxazole rings is 1. The van der Waals surface area contributed by atoms with Crippen LogP contribution in [0.4, 0.5) is 0 Å². The van der Waals surface area contributed by atoms with E-state index in [9.17, 15) is 13.2 Å². The number of nitrogens with zero attached hydrogens (tertiary/aromatic N) is 3. The SMILES string of the molecule is O=C(CSc1nc2cc(S(=O)(=O)N3CCCCC3)ccc2o1)N1CCCC1. The second-order valence-corrected chi connectivity index (χ2v) is 9.82. The smallest absolute Gasteiger partial charge is 0.257 e. The minimum Gasteiger partial charge on any atom is -0.431 e. The summed E-state index contributed by atoms with van der Waals surface area (Å²) in [5.74, 6) is 0.374. The van der Waals surface area contributed by atoms with Gasteiger partial charge in [-0.3, -0.25) is 4.79 Å². The quantitative estimate of drug-likeness (QED) is 0.706. The number of amides is 1. The number of hydrogen-bond donors (Lipinski definition) is 0. The van der Waals surface area contributed by atoms with Gasteiger partial charge in [-0.05, 0) is 43.9 Å². The van der Waals surface area contributed by atoms with Gasteiger partial charge in [-0.2, -0.15) is 4.31 Å². The molecule has 2 aliphatic rings. The fraction of sp³-hybridized carbons (Fsp3) is 0.556. The highest BCUT2D eigenvalue weighted by Crippen LogP contribution is 2.28. The van der Waals surface area contributed by atoms with E-state index in [1.807, 2.05) is 4.90 Å². The average Bonchev–Trinajstić information content (AvgIpc) is 3.35. The van der Waals surface area contributed by atoms with Crippen molar-refractivity contribution in [2.45, 2.75) is 42.2 Å². The molecule has 3 heterocycles. The Kier molecular flexibility index (Phi) is 5.43. The van der Waals surface area contributed by atoms with Gasteiger partial charge < -0.3 is 9.32 Å². The van der Waals surface area contributed by atoms with Crippen LogP contribution in [0.25, 0.3) is 11.1 Å². The molecule has 0 radical (unpaired) electrons. The summed E-state index contributed by atoms with van der Waals surface area (Å²) in [6.07, 6.45) is 5.00. The van der Waals surface area contributed by atoms with E-state index >= 15 is 0 Å². The number of piperidine rings is 1. The average molecular weight is 410 g/mol. The summed E-state index contributed by atoms with van der Waals surface area (Å²) in [5, 5.41) is 0.394. The second kappa shape index (κ2) is 7.81. The van der Waals surface area contributed by atoms with Crippen LogP contribution >= 0.6 is 11.8 Å². The summed E-state index contributed by atoms with van der Waals surface area (Å²) >= 11 is 1.25. The van der Waals surface area contributed by atoms with Crippen molar-refractivity contribution in [1.82, 2.24) is 14.2 Å². The number of sulfonamides is 1. The third-order valence-corrected chi connectivity index (χ3v) is 7.78. The van der Waals surface area contributed by atoms with Gasteiger partial charge in [0.2, 0.25) is 15.9 Å². The van der Waals surface area contributed by atoms with Crippen LogP contribution in [0.3, 0.4) is 0 Å². The summed E-state index contributed by atoms with van der Waals surface area (Å²) in [5.41, 5.74) is 1.04. The fourth-order valence-corrected chi connectivity index (χ4v) is 5.82. The number of carbonyl (C=O) groups is 1. The van der Waals surface area contributed by atoms with Crippen LogP contribution in [0, 0.1) is 0 Å². The van der Waals surface area contributed by atoms with E-state index in [0.717, 1.165) is 45.2 Å². The molecule has 0 aliphatic carbocycles. The molecule has 7 nitrogen and oxygen atoms in total. The maximum absolute atomic E-state index is 12.8. The Morgan fingerprint density at radius 2 is 1.78 bits per heavy atom. The molecule has 27 heavy (non-hydrogen) atoms. The van der Waals surface area contributed by atoms with E-state index in [-0.39, 0.29) is 16.6 Å². The zero-order valence-electron chi connectivity index (χ0n) is 15.1. The number of benzene rings is 1. The molecule has 0 bridgehead atoms. The summed E-state index contributed by atoms with van der Waals surface area (Å²) in [4.78, 5) is 18.6. The first-order valence-electron chi connectivity index (χ1n) is 9.35. The predicted molar refractivity (Wildman–Crippen MR) is 103 cm³/mol. The number of likely N-dealkylation sites (tertiary alicyclic amines) is 1. The van der Waals surface area contributed by atoms with Gasteiger partial charge in [-0.25, -0.2) is 13.4 Å². The van der Waals surface area contributed by atoms with Gasteiger partial charge in [-0.15, -0.1) is 0 Å². The molecule has 1 aromatic heterocycles. The lowest BCUT2D eigenvalue weighted by molar-refractivity contribution is -0.127. The van der Waals surface area contributed by atoms with E-state index in [2.05, 4.69) is 4.98 Å². The van der Waals surface area contributed by atoms with Gasteiger partial charge in [0.1, 0.15) is 5.52 Å². The summed E-state index contributed by atoms with van der Waals surface area (Å²) in [6.45, 7) is 2.78. The Morgan fingerprint density at radius 1 is 1.07 bits per heavy atom. The molecular formula is C18H23N3O4S2. The van der Waals surface area contributed by atoms with Gasteiger partial charge in [-0.1, -0.05) is 18.2 Å². The van der Waals surface area contributed by atoms with Crippen molar-refractivity contribution in [2.75, 3.05) is 31.9 Å². The number of hydrogen-bond acceptors (Lipinski definition) is 6. The number of fused-ring (bicyclic) bond motifs is 1. The number of aromatic nitrogens is 1. The molecule has 1 amide bonds. The normalized spacial score (nSPS) is 19.0. The Hall–Kier alpha value is -1.58. The fourth-order valence-electron chi connectivity index (χ4n) is 3.54. The second-order valence-electron chi connectivity index (χ2n) is 6.95. The molecule has 0 spiro atoms. The lowest BCUT2D eigenvalue weighted by Crippen LogP contribution is -2.35. The molecular weight excluding hydrogens is 386 g/mol. The van der Waals surface area contributed by atoms with Crippen LogP contribution in [-0.4, -0.2) is 60.4 Å². The molecule has 9 heteroatoms. The van der Waals surface area contributed by atoms with Gasteiger partial charge in [0.25, 0.3) is 5.22 Å². The molecule has 2 saturated heterocycles. The summed E-state index contributed by atoms with van der Waals surface area (Å²) in [7, 11) is -3.50. The Bertz CT molecular complexity index is 929. The monoisotopic (exact) mass is 409 g/mol. The predicted octanol–water partition coefficient (Wildman–Crippen LogP) is 2.72. The molecule has 4 rings (SSSR count). The molecule has 2 aliphatic heterocycles. The Balaban J connectivity index is 1.49. The maximum Gasteiger partial charge on any atom is 0.257 e. The highest BCUT2D eigenvalue weighted by atomic mass is 32.2. The van der Waals surface area contributed by atoms with Crippen molar-refractivity contribution in [1.29, 1.82) is 0 Å². The van der Waals surface area contributed by atoms with Gasteiger partial charge >= 0.3 is 0 Å². The van der Waals surface area contributed by atoms with Crippen LogP contribution in [0.15, 0.2) is 32.7 Å². The highest BCUT2D eigenvalue weighted by molar-refractivity contribution is 7.99. The van der Waals surface area contributed by atoms with E-state index < -0.39 is 10.0 Å². The van der Waals surface area contributed by atoms with Crippen LogP contribution in [0.1, 0.15) is 32.1 Å². The van der Waals surface area contributed by atoms with Crippen molar-refractivity contribution in [2.24, 2.45) is 0 Å². The highest BCUT2D eigenvalue weighted by Gasteiger charge is 2.26. The lowest BCUT2D eigenvalue weighted by Gasteiger charge is -2.25. The minimum absolute atomic E-state index is 0.0909. The van der Waals surface area contributed by atoms with Crippen molar-refractivity contribution >= 4 is 38.8 Å². The lowest BCUT2D eigenvalue weighted by atomic mass is 10.2. The molecule has 2 fully saturated rings. The number of carbonyl (C=O) groups excluding carboxylic acids is 1. The summed E-state index contributed by atoms with van der Waals surface area (Å²) < 4.78 is 32.8. The third-order valence-electron chi connectivity index (χ3n) is 5.07. The molecule has 2 aromatic rings. The maximum atomic E-state index is 12.8. The molecule has 146 valence electrons. The zero-order valence-corrected chi connectivity index (χ0v) is 16.7. The molecule has 0 atom stereocenters. The van der Waals surface area contributed by atoms with E-state index in [4.69, 9.17) is 4.42 Å². The first kappa shape index (κ1) is 18.8.